The van der Waals surface area contributed by atoms with E-state index in [9.17, 15) is 0 Å². The van der Waals surface area contributed by atoms with Gasteiger partial charge in [0, 0.05) is 5.56 Å². The Bertz CT molecular complexity index is 1050. The van der Waals surface area contributed by atoms with Crippen LogP contribution in [0.3, 0.4) is 0 Å². The van der Waals surface area contributed by atoms with Crippen LogP contribution in [0.5, 0.6) is 0 Å². The van der Waals surface area contributed by atoms with E-state index >= 15 is 0 Å². The van der Waals surface area contributed by atoms with Gasteiger partial charge in [-0.15, -0.1) is 0 Å². The highest BCUT2D eigenvalue weighted by Crippen LogP contribution is 2.35. The van der Waals surface area contributed by atoms with E-state index in [0.717, 1.165) is 17.9 Å². The number of allylic oxidation sites excluding steroid dienone is 3. The van der Waals surface area contributed by atoms with Crippen molar-refractivity contribution < 1.29 is 4.74 Å². The zero-order valence-electron chi connectivity index (χ0n) is 16.1. The van der Waals surface area contributed by atoms with E-state index < -0.39 is 7.92 Å². The van der Waals surface area contributed by atoms with Gasteiger partial charge in [0.15, 0.2) is 0 Å². The number of benzene rings is 3. The van der Waals surface area contributed by atoms with Crippen LogP contribution in [0.15, 0.2) is 114 Å². The van der Waals surface area contributed by atoms with Crippen LogP contribution in [0, 0.1) is 0 Å². The Balaban J connectivity index is 1.59. The standard InChI is InChI=1S/C26H22NOP/c1-3-13-21(14-4-1)29(22-15-5-2-6-16-22)25-18-10-9-17-23(25)26-27-24(19-28-26)20-11-7-8-12-20/h1-11,13-18,24H,12,19H2/t24-/m0/s1. The molecule has 1 aliphatic carbocycles. The molecular weight excluding hydrogens is 373 g/mol. The molecule has 0 bridgehead atoms. The normalized spacial score (nSPS) is 17.9. The maximum absolute atomic E-state index is 6.12. The molecule has 3 aromatic rings. The molecule has 0 saturated heterocycles. The van der Waals surface area contributed by atoms with Gasteiger partial charge < -0.3 is 4.74 Å². The highest BCUT2D eigenvalue weighted by atomic mass is 31.1. The highest BCUT2D eigenvalue weighted by Gasteiger charge is 2.27. The maximum atomic E-state index is 6.12. The van der Waals surface area contributed by atoms with Gasteiger partial charge in [0.2, 0.25) is 5.90 Å². The first-order valence-corrected chi connectivity index (χ1v) is 11.3. The molecule has 0 aromatic heterocycles. The highest BCUT2D eigenvalue weighted by molar-refractivity contribution is 7.80. The van der Waals surface area contributed by atoms with Crippen LogP contribution in [0.4, 0.5) is 0 Å². The van der Waals surface area contributed by atoms with E-state index in [1.165, 1.54) is 21.5 Å². The average molecular weight is 395 g/mol. The van der Waals surface area contributed by atoms with Crippen molar-refractivity contribution in [2.45, 2.75) is 12.5 Å². The van der Waals surface area contributed by atoms with Crippen LogP contribution < -0.4 is 15.9 Å². The van der Waals surface area contributed by atoms with Crippen molar-refractivity contribution in [2.24, 2.45) is 4.99 Å². The summed E-state index contributed by atoms with van der Waals surface area (Å²) in [6, 6.07) is 30.3. The summed E-state index contributed by atoms with van der Waals surface area (Å²) >= 11 is 0. The molecule has 3 heteroatoms. The van der Waals surface area contributed by atoms with Gasteiger partial charge in [0.1, 0.15) is 12.6 Å². The second kappa shape index (κ2) is 8.19. The van der Waals surface area contributed by atoms with Gasteiger partial charge in [-0.25, -0.2) is 4.99 Å². The van der Waals surface area contributed by atoms with E-state index in [-0.39, 0.29) is 6.04 Å². The van der Waals surface area contributed by atoms with Gasteiger partial charge in [-0.1, -0.05) is 97.1 Å². The molecular formula is C26H22NOP. The van der Waals surface area contributed by atoms with Gasteiger partial charge in [-0.3, -0.25) is 0 Å². The molecule has 0 spiro atoms. The number of nitrogens with zero attached hydrogens (tertiary/aromatic N) is 1. The minimum Gasteiger partial charge on any atom is -0.475 e. The lowest BCUT2D eigenvalue weighted by atomic mass is 10.1. The van der Waals surface area contributed by atoms with Gasteiger partial charge >= 0.3 is 0 Å². The summed E-state index contributed by atoms with van der Waals surface area (Å²) in [5, 5.41) is 3.95. The SMILES string of the molecule is C1=CCC([C@@H]2COC(c3ccccc3P(c3ccccc3)c3ccccc3)=N2)=C1. The molecule has 2 aliphatic rings. The molecule has 3 aromatic carbocycles. The molecule has 1 heterocycles. The van der Waals surface area contributed by atoms with Crippen LogP contribution in [-0.2, 0) is 4.74 Å². The fourth-order valence-corrected chi connectivity index (χ4v) is 6.29. The van der Waals surface area contributed by atoms with Crippen molar-refractivity contribution in [3.63, 3.8) is 0 Å². The van der Waals surface area contributed by atoms with Crippen molar-refractivity contribution in [1.29, 1.82) is 0 Å². The average Bonchev–Trinajstić information content (AvgIpc) is 3.48. The van der Waals surface area contributed by atoms with Crippen LogP contribution in [0.25, 0.3) is 0 Å². The van der Waals surface area contributed by atoms with Crippen molar-refractivity contribution >= 4 is 29.7 Å². The lowest BCUT2D eigenvalue weighted by Gasteiger charge is -2.22. The molecule has 5 rings (SSSR count). The third-order valence-electron chi connectivity index (χ3n) is 5.28. The fraction of sp³-hybridized carbons (Fsp3) is 0.115. The lowest BCUT2D eigenvalue weighted by molar-refractivity contribution is 0.328. The third kappa shape index (κ3) is 3.69. The van der Waals surface area contributed by atoms with Crippen molar-refractivity contribution in [1.82, 2.24) is 0 Å². The summed E-state index contributed by atoms with van der Waals surface area (Å²) < 4.78 is 6.12. The van der Waals surface area contributed by atoms with E-state index in [4.69, 9.17) is 9.73 Å². The second-order valence-electron chi connectivity index (χ2n) is 7.16. The summed E-state index contributed by atoms with van der Waals surface area (Å²) in [4.78, 5) is 4.97. The predicted octanol–water partition coefficient (Wildman–Crippen LogP) is 4.48. The Morgan fingerprint density at radius 1 is 0.793 bits per heavy atom. The number of aliphatic imine (C=N–C) groups is 1. The molecule has 0 radical (unpaired) electrons. The maximum Gasteiger partial charge on any atom is 0.217 e. The number of ether oxygens (including phenoxy) is 1. The Kier molecular flexibility index (Phi) is 5.11. The molecule has 0 amide bonds. The minimum absolute atomic E-state index is 0.132. The number of hydrogen-bond acceptors (Lipinski definition) is 2. The zero-order valence-corrected chi connectivity index (χ0v) is 17.0. The second-order valence-corrected chi connectivity index (χ2v) is 9.34. The smallest absolute Gasteiger partial charge is 0.217 e. The molecule has 0 N–H and O–H groups in total. The Morgan fingerprint density at radius 3 is 2.10 bits per heavy atom. The Labute approximate surface area is 173 Å². The Morgan fingerprint density at radius 2 is 1.45 bits per heavy atom. The largest absolute Gasteiger partial charge is 0.475 e. The summed E-state index contributed by atoms with van der Waals surface area (Å²) in [5.41, 5.74) is 2.45. The van der Waals surface area contributed by atoms with Gasteiger partial charge in [-0.2, -0.15) is 0 Å². The van der Waals surface area contributed by atoms with Gasteiger partial charge in [-0.05, 0) is 41.9 Å². The molecule has 29 heavy (non-hydrogen) atoms. The van der Waals surface area contributed by atoms with Crippen molar-refractivity contribution in [2.75, 3.05) is 6.61 Å². The molecule has 142 valence electrons. The first-order valence-electron chi connectivity index (χ1n) is 9.96. The monoisotopic (exact) mass is 395 g/mol. The van der Waals surface area contributed by atoms with Crippen LogP contribution in [-0.4, -0.2) is 18.5 Å². The molecule has 1 aliphatic heterocycles. The predicted molar refractivity (Wildman–Crippen MR) is 123 cm³/mol. The van der Waals surface area contributed by atoms with E-state index in [1.54, 1.807) is 0 Å². The number of hydrogen-bond donors (Lipinski definition) is 0. The molecule has 0 unspecified atom stereocenters. The summed E-state index contributed by atoms with van der Waals surface area (Å²) in [6.07, 6.45) is 7.45. The molecule has 0 fully saturated rings. The lowest BCUT2D eigenvalue weighted by Crippen LogP contribution is -2.25. The van der Waals surface area contributed by atoms with Crippen molar-refractivity contribution in [3.05, 3.63) is 114 Å². The summed E-state index contributed by atoms with van der Waals surface area (Å²) in [7, 11) is -0.695. The molecule has 0 saturated carbocycles. The summed E-state index contributed by atoms with van der Waals surface area (Å²) in [6.45, 7) is 0.631. The minimum atomic E-state index is -0.695. The number of rotatable bonds is 5. The zero-order chi connectivity index (χ0) is 19.5. The van der Waals surface area contributed by atoms with Gasteiger partial charge in [0.05, 0.1) is 0 Å². The van der Waals surface area contributed by atoms with E-state index in [0.29, 0.717) is 6.61 Å². The first kappa shape index (κ1) is 18.1. The fourth-order valence-electron chi connectivity index (χ4n) is 3.85. The third-order valence-corrected chi connectivity index (χ3v) is 7.78. The van der Waals surface area contributed by atoms with Crippen LogP contribution in [0.2, 0.25) is 0 Å². The van der Waals surface area contributed by atoms with Crippen LogP contribution >= 0.6 is 7.92 Å². The van der Waals surface area contributed by atoms with E-state index in [2.05, 4.69) is 103 Å². The van der Waals surface area contributed by atoms with Gasteiger partial charge in [0.25, 0.3) is 0 Å². The van der Waals surface area contributed by atoms with Crippen molar-refractivity contribution in [3.8, 4) is 0 Å². The topological polar surface area (TPSA) is 21.6 Å². The molecule has 1 atom stereocenters. The van der Waals surface area contributed by atoms with Crippen LogP contribution in [0.1, 0.15) is 12.0 Å². The quantitative estimate of drug-likeness (QED) is 0.584. The summed E-state index contributed by atoms with van der Waals surface area (Å²) in [5.74, 6) is 0.776. The molecule has 2 nitrogen and oxygen atoms in total. The van der Waals surface area contributed by atoms with E-state index in [1.807, 2.05) is 0 Å². The first-order chi connectivity index (χ1) is 14.4. The Hall–Kier alpha value is -2.96.